The number of nitrogens with one attached hydrogen (secondary N) is 1. The quantitative estimate of drug-likeness (QED) is 0.506. The summed E-state index contributed by atoms with van der Waals surface area (Å²) in [5.74, 6) is 0. The number of hydrogen-bond acceptors (Lipinski definition) is 4. The number of likely N-dealkylation sites (tertiary alicyclic amines) is 1. The van der Waals surface area contributed by atoms with E-state index < -0.39 is 12.2 Å². The van der Waals surface area contributed by atoms with Gasteiger partial charge in [-0.3, -0.25) is 4.90 Å². The van der Waals surface area contributed by atoms with Gasteiger partial charge in [0.2, 0.25) is 0 Å². The van der Waals surface area contributed by atoms with Crippen LogP contribution in [0.2, 0.25) is 0 Å². The Balaban J connectivity index is 1.76. The van der Waals surface area contributed by atoms with Crippen LogP contribution in [0, 0.1) is 0 Å². The Morgan fingerprint density at radius 1 is 1.23 bits per heavy atom. The van der Waals surface area contributed by atoms with E-state index in [-0.39, 0.29) is 0 Å². The van der Waals surface area contributed by atoms with E-state index in [1.165, 1.54) is 12.8 Å². The molecule has 0 radical (unpaired) electrons. The zero-order chi connectivity index (χ0) is 9.26. The van der Waals surface area contributed by atoms with Gasteiger partial charge in [0.25, 0.3) is 0 Å². The summed E-state index contributed by atoms with van der Waals surface area (Å²) in [6, 6.07) is 0.567. The first kappa shape index (κ1) is 9.40. The molecule has 0 aliphatic carbocycles. The van der Waals surface area contributed by atoms with Gasteiger partial charge in [0.15, 0.2) is 0 Å². The normalized spacial score (nSPS) is 41.5. The summed E-state index contributed by atoms with van der Waals surface area (Å²) in [4.78, 5) is 2.14. The van der Waals surface area contributed by atoms with Gasteiger partial charge in [-0.05, 0) is 19.4 Å². The molecule has 2 saturated heterocycles. The molecule has 0 amide bonds. The molecule has 2 heterocycles. The summed E-state index contributed by atoms with van der Waals surface area (Å²) in [7, 11) is 0. The van der Waals surface area contributed by atoms with Gasteiger partial charge in [-0.25, -0.2) is 0 Å². The summed E-state index contributed by atoms with van der Waals surface area (Å²) in [5, 5.41) is 22.1. The molecule has 0 spiro atoms. The van der Waals surface area contributed by atoms with Crippen LogP contribution in [0.3, 0.4) is 0 Å². The van der Waals surface area contributed by atoms with Crippen molar-refractivity contribution >= 4 is 0 Å². The SMILES string of the molecule is OC1CN(CC2CCCN2)CC1O. The second-order valence-electron chi connectivity index (χ2n) is 4.15. The molecule has 0 bridgehead atoms. The average molecular weight is 186 g/mol. The number of rotatable bonds is 2. The predicted molar refractivity (Wildman–Crippen MR) is 49.5 cm³/mol. The van der Waals surface area contributed by atoms with Crippen molar-refractivity contribution in [2.24, 2.45) is 0 Å². The molecule has 13 heavy (non-hydrogen) atoms. The van der Waals surface area contributed by atoms with E-state index in [0.29, 0.717) is 19.1 Å². The number of aliphatic hydroxyl groups excluding tert-OH is 2. The van der Waals surface area contributed by atoms with Crippen molar-refractivity contribution in [3.05, 3.63) is 0 Å². The number of aliphatic hydroxyl groups is 2. The summed E-state index contributed by atoms with van der Waals surface area (Å²) >= 11 is 0. The molecule has 4 nitrogen and oxygen atoms in total. The van der Waals surface area contributed by atoms with E-state index in [2.05, 4.69) is 10.2 Å². The van der Waals surface area contributed by atoms with E-state index in [1.807, 2.05) is 0 Å². The molecule has 3 N–H and O–H groups in total. The van der Waals surface area contributed by atoms with Crippen molar-refractivity contribution < 1.29 is 10.2 Å². The minimum absolute atomic E-state index is 0.540. The van der Waals surface area contributed by atoms with Crippen molar-refractivity contribution in [2.75, 3.05) is 26.2 Å². The van der Waals surface area contributed by atoms with Crippen LogP contribution < -0.4 is 5.32 Å². The first-order valence-corrected chi connectivity index (χ1v) is 5.07. The molecule has 0 aromatic heterocycles. The third kappa shape index (κ3) is 2.20. The maximum absolute atomic E-state index is 9.33. The minimum atomic E-state index is -0.540. The second-order valence-corrected chi connectivity index (χ2v) is 4.15. The highest BCUT2D eigenvalue weighted by atomic mass is 16.3. The fourth-order valence-corrected chi connectivity index (χ4v) is 2.22. The Labute approximate surface area is 78.5 Å². The molecule has 76 valence electrons. The van der Waals surface area contributed by atoms with Crippen LogP contribution in [0.15, 0.2) is 0 Å². The maximum Gasteiger partial charge on any atom is 0.0938 e. The first-order chi connectivity index (χ1) is 6.25. The van der Waals surface area contributed by atoms with E-state index in [1.54, 1.807) is 0 Å². The van der Waals surface area contributed by atoms with Gasteiger partial charge in [0.05, 0.1) is 12.2 Å². The van der Waals surface area contributed by atoms with E-state index >= 15 is 0 Å². The van der Waals surface area contributed by atoms with Crippen molar-refractivity contribution in [3.8, 4) is 0 Å². The Morgan fingerprint density at radius 2 is 1.92 bits per heavy atom. The van der Waals surface area contributed by atoms with Crippen LogP contribution in [0.1, 0.15) is 12.8 Å². The average Bonchev–Trinajstić information content (AvgIpc) is 2.64. The van der Waals surface area contributed by atoms with Gasteiger partial charge >= 0.3 is 0 Å². The Bertz CT molecular complexity index is 161. The molecule has 0 saturated carbocycles. The van der Waals surface area contributed by atoms with Crippen molar-refractivity contribution in [2.45, 2.75) is 31.1 Å². The largest absolute Gasteiger partial charge is 0.389 e. The zero-order valence-electron chi connectivity index (χ0n) is 7.82. The van der Waals surface area contributed by atoms with E-state index in [0.717, 1.165) is 13.1 Å². The van der Waals surface area contributed by atoms with Gasteiger partial charge in [0.1, 0.15) is 0 Å². The fourth-order valence-electron chi connectivity index (χ4n) is 2.22. The summed E-state index contributed by atoms with van der Waals surface area (Å²) in [6.45, 7) is 3.33. The topological polar surface area (TPSA) is 55.7 Å². The van der Waals surface area contributed by atoms with Crippen molar-refractivity contribution in [1.29, 1.82) is 0 Å². The van der Waals surface area contributed by atoms with Gasteiger partial charge in [-0.15, -0.1) is 0 Å². The van der Waals surface area contributed by atoms with Crippen LogP contribution >= 0.6 is 0 Å². The predicted octanol–water partition coefficient (Wildman–Crippen LogP) is -1.22. The maximum atomic E-state index is 9.33. The summed E-state index contributed by atoms with van der Waals surface area (Å²) in [6.07, 6.45) is 1.40. The van der Waals surface area contributed by atoms with Gasteiger partial charge in [-0.1, -0.05) is 0 Å². The first-order valence-electron chi connectivity index (χ1n) is 5.07. The van der Waals surface area contributed by atoms with Crippen LogP contribution in [0.5, 0.6) is 0 Å². The molecular weight excluding hydrogens is 168 g/mol. The lowest BCUT2D eigenvalue weighted by molar-refractivity contribution is 0.0572. The fraction of sp³-hybridized carbons (Fsp3) is 1.00. The van der Waals surface area contributed by atoms with E-state index in [4.69, 9.17) is 0 Å². The van der Waals surface area contributed by atoms with Crippen molar-refractivity contribution in [1.82, 2.24) is 10.2 Å². The standard InChI is InChI=1S/C9H18N2O2/c12-8-5-11(6-9(8)13)4-7-2-1-3-10-7/h7-10,12-13H,1-6H2. The number of β-amino-alcohol motifs (C(OH)–C–C–N with tert-alkyl or cyclic N) is 2. The lowest BCUT2D eigenvalue weighted by atomic mass is 10.2. The van der Waals surface area contributed by atoms with Crippen LogP contribution in [-0.4, -0.2) is 59.5 Å². The highest BCUT2D eigenvalue weighted by Gasteiger charge is 2.31. The molecule has 0 aromatic rings. The number of nitrogens with zero attached hydrogens (tertiary/aromatic N) is 1. The summed E-state index contributed by atoms with van der Waals surface area (Å²) < 4.78 is 0. The van der Waals surface area contributed by atoms with Gasteiger partial charge in [0, 0.05) is 25.7 Å². The molecule has 2 fully saturated rings. The smallest absolute Gasteiger partial charge is 0.0938 e. The van der Waals surface area contributed by atoms with Gasteiger partial charge in [-0.2, -0.15) is 0 Å². The second kappa shape index (κ2) is 3.92. The third-order valence-electron chi connectivity index (χ3n) is 2.98. The molecule has 2 rings (SSSR count). The third-order valence-corrected chi connectivity index (χ3v) is 2.98. The highest BCUT2D eigenvalue weighted by Crippen LogP contribution is 2.13. The molecular formula is C9H18N2O2. The lowest BCUT2D eigenvalue weighted by Crippen LogP contribution is -2.36. The van der Waals surface area contributed by atoms with Crippen LogP contribution in [0.25, 0.3) is 0 Å². The zero-order valence-corrected chi connectivity index (χ0v) is 7.82. The van der Waals surface area contributed by atoms with Gasteiger partial charge < -0.3 is 15.5 Å². The molecule has 0 aromatic carbocycles. The highest BCUT2D eigenvalue weighted by molar-refractivity contribution is 4.87. The molecule has 2 aliphatic rings. The van der Waals surface area contributed by atoms with Crippen LogP contribution in [-0.2, 0) is 0 Å². The Morgan fingerprint density at radius 3 is 2.46 bits per heavy atom. The Kier molecular flexibility index (Phi) is 2.83. The van der Waals surface area contributed by atoms with Crippen molar-refractivity contribution in [3.63, 3.8) is 0 Å². The summed E-state index contributed by atoms with van der Waals surface area (Å²) in [5.41, 5.74) is 0. The monoisotopic (exact) mass is 186 g/mol. The Hall–Kier alpha value is -0.160. The molecule has 2 aliphatic heterocycles. The molecule has 3 unspecified atom stereocenters. The van der Waals surface area contributed by atoms with Crippen LogP contribution in [0.4, 0.5) is 0 Å². The minimum Gasteiger partial charge on any atom is -0.389 e. The number of hydrogen-bond donors (Lipinski definition) is 3. The lowest BCUT2D eigenvalue weighted by Gasteiger charge is -2.19. The molecule has 4 heteroatoms. The van der Waals surface area contributed by atoms with E-state index in [9.17, 15) is 10.2 Å². The molecule has 3 atom stereocenters.